The molecule has 0 saturated heterocycles. The first kappa shape index (κ1) is 16.5. The average Bonchev–Trinajstić information content (AvgIpc) is 3.38. The zero-order valence-corrected chi connectivity index (χ0v) is 16.8. The minimum atomic E-state index is -0.0210. The Bertz CT molecular complexity index is 1240. The predicted molar refractivity (Wildman–Crippen MR) is 114 cm³/mol. The van der Waals surface area contributed by atoms with E-state index in [2.05, 4.69) is 82.2 Å². The Morgan fingerprint density at radius 2 is 1.48 bits per heavy atom. The van der Waals surface area contributed by atoms with Gasteiger partial charge in [0, 0.05) is 39.6 Å². The maximum Gasteiger partial charge on any atom is 0.0798 e. The van der Waals surface area contributed by atoms with E-state index in [0.29, 0.717) is 0 Å². The maximum absolute atomic E-state index is 4.94. The number of hydrogen-bond acceptors (Lipinski definition) is 2. The molecule has 0 aliphatic carbocycles. The van der Waals surface area contributed by atoms with Gasteiger partial charge in [-0.2, -0.15) is 0 Å². The topological polar surface area (TPSA) is 57.4 Å². The summed E-state index contributed by atoms with van der Waals surface area (Å²) in [4.78, 5) is 16.6. The first-order chi connectivity index (χ1) is 13.0. The quantitative estimate of drug-likeness (QED) is 0.380. The number of fused-ring (bicyclic) bond motifs is 8. The molecule has 3 aromatic rings. The summed E-state index contributed by atoms with van der Waals surface area (Å²) >= 11 is 3.74. The van der Waals surface area contributed by atoms with Crippen LogP contribution in [0.15, 0.2) is 46.9 Å². The SMILES string of the molecule is CC1(C)Cc2nc1cc1ccc(cc3ccc(cc4nc(c2Br)C=C4)[nH]3)[nH]1. The van der Waals surface area contributed by atoms with Crippen molar-refractivity contribution >= 4 is 50.1 Å². The number of aromatic amines is 2. The third kappa shape index (κ3) is 3.02. The largest absolute Gasteiger partial charge is 0.355 e. The number of nitrogens with zero attached hydrogens (tertiary/aromatic N) is 2. The monoisotopic (exact) mass is 418 g/mol. The highest BCUT2D eigenvalue weighted by Gasteiger charge is 2.30. The van der Waals surface area contributed by atoms with Gasteiger partial charge in [-0.15, -0.1) is 0 Å². The second-order valence-corrected chi connectivity index (χ2v) is 8.54. The summed E-state index contributed by atoms with van der Waals surface area (Å²) in [6.45, 7) is 4.47. The molecule has 3 aromatic heterocycles. The van der Waals surface area contributed by atoms with Crippen molar-refractivity contribution in [1.29, 1.82) is 0 Å². The zero-order valence-electron chi connectivity index (χ0n) is 15.2. The van der Waals surface area contributed by atoms with Crippen molar-refractivity contribution in [2.45, 2.75) is 25.7 Å². The first-order valence-corrected chi connectivity index (χ1v) is 9.80. The van der Waals surface area contributed by atoms with Crippen molar-refractivity contribution in [3.63, 3.8) is 0 Å². The summed E-state index contributed by atoms with van der Waals surface area (Å²) in [6, 6.07) is 14.6. The Kier molecular flexibility index (Phi) is 3.62. The Morgan fingerprint density at radius 3 is 2.19 bits per heavy atom. The van der Waals surface area contributed by atoms with Gasteiger partial charge in [-0.3, -0.25) is 4.98 Å². The van der Waals surface area contributed by atoms with Gasteiger partial charge < -0.3 is 9.97 Å². The van der Waals surface area contributed by atoms with Crippen LogP contribution >= 0.6 is 15.9 Å². The fourth-order valence-electron chi connectivity index (χ4n) is 3.60. The molecular formula is C22H19BrN4. The summed E-state index contributed by atoms with van der Waals surface area (Å²) in [5, 5.41) is 0. The molecule has 5 rings (SSSR count). The molecular weight excluding hydrogens is 400 g/mol. The highest BCUT2D eigenvalue weighted by Crippen LogP contribution is 2.35. The molecule has 0 aromatic carbocycles. The van der Waals surface area contributed by atoms with Crippen LogP contribution in [0.3, 0.4) is 0 Å². The minimum Gasteiger partial charge on any atom is -0.355 e. The summed E-state index contributed by atoms with van der Waals surface area (Å²) in [5.41, 5.74) is 8.15. The van der Waals surface area contributed by atoms with Crippen LogP contribution in [0.2, 0.25) is 0 Å². The van der Waals surface area contributed by atoms with Crippen LogP contribution < -0.4 is 0 Å². The Balaban J connectivity index is 1.88. The molecule has 4 nitrogen and oxygen atoms in total. The van der Waals surface area contributed by atoms with Gasteiger partial charge in [-0.1, -0.05) is 13.8 Å². The van der Waals surface area contributed by atoms with Gasteiger partial charge in [0.15, 0.2) is 0 Å². The zero-order chi connectivity index (χ0) is 18.6. The molecule has 2 aliphatic rings. The van der Waals surface area contributed by atoms with Crippen molar-refractivity contribution in [1.82, 2.24) is 19.9 Å². The molecule has 0 amide bonds. The van der Waals surface area contributed by atoms with Crippen LogP contribution in [0.1, 0.15) is 36.6 Å². The second-order valence-electron chi connectivity index (χ2n) is 7.74. The van der Waals surface area contributed by atoms with E-state index in [1.54, 1.807) is 0 Å². The number of aromatic nitrogens is 4. The highest BCUT2D eigenvalue weighted by atomic mass is 79.9. The first-order valence-electron chi connectivity index (χ1n) is 9.00. The standard InChI is InChI=1S/C22H19BrN4/c1-22(2)12-19-21(23)18-8-7-16(26-18)10-15-4-3-13(24-15)9-14-5-6-17(25-14)11-20(22)27-19/h3-11,24-25H,12H2,1-2H3. The van der Waals surface area contributed by atoms with E-state index < -0.39 is 0 Å². The molecule has 27 heavy (non-hydrogen) atoms. The van der Waals surface area contributed by atoms with Crippen LogP contribution in [0, 0.1) is 0 Å². The van der Waals surface area contributed by atoms with Crippen molar-refractivity contribution in [2.24, 2.45) is 0 Å². The van der Waals surface area contributed by atoms with E-state index in [0.717, 1.165) is 55.7 Å². The molecule has 134 valence electrons. The van der Waals surface area contributed by atoms with Crippen LogP contribution in [0.4, 0.5) is 0 Å². The van der Waals surface area contributed by atoms with Crippen molar-refractivity contribution in [3.05, 3.63) is 69.7 Å². The lowest BCUT2D eigenvalue weighted by Crippen LogP contribution is -2.15. The average molecular weight is 419 g/mol. The third-order valence-corrected chi connectivity index (χ3v) is 5.93. The van der Waals surface area contributed by atoms with E-state index >= 15 is 0 Å². The van der Waals surface area contributed by atoms with Gasteiger partial charge in [-0.05, 0) is 70.5 Å². The smallest absolute Gasteiger partial charge is 0.0798 e. The van der Waals surface area contributed by atoms with Crippen molar-refractivity contribution in [3.8, 4) is 0 Å². The molecule has 0 radical (unpaired) electrons. The summed E-state index contributed by atoms with van der Waals surface area (Å²) in [5.74, 6) is 0. The van der Waals surface area contributed by atoms with Gasteiger partial charge in [0.05, 0.1) is 21.6 Å². The van der Waals surface area contributed by atoms with E-state index in [9.17, 15) is 0 Å². The lowest BCUT2D eigenvalue weighted by Gasteiger charge is -2.15. The predicted octanol–water partition coefficient (Wildman–Crippen LogP) is 5.77. The van der Waals surface area contributed by atoms with E-state index in [-0.39, 0.29) is 5.41 Å². The number of rotatable bonds is 0. The van der Waals surface area contributed by atoms with E-state index in [1.165, 1.54) is 0 Å². The van der Waals surface area contributed by atoms with Gasteiger partial charge in [-0.25, -0.2) is 4.98 Å². The fourth-order valence-corrected chi connectivity index (χ4v) is 4.05. The third-order valence-electron chi connectivity index (χ3n) is 5.07. The number of H-pyrrole nitrogens is 2. The molecule has 0 saturated carbocycles. The normalized spacial score (nSPS) is 15.2. The van der Waals surface area contributed by atoms with Crippen LogP contribution in [0.25, 0.3) is 34.2 Å². The highest BCUT2D eigenvalue weighted by molar-refractivity contribution is 9.10. The van der Waals surface area contributed by atoms with Crippen molar-refractivity contribution in [2.75, 3.05) is 0 Å². The lowest BCUT2D eigenvalue weighted by molar-refractivity contribution is 0.543. The molecule has 0 atom stereocenters. The molecule has 0 fully saturated rings. The number of halogens is 1. The molecule has 0 unspecified atom stereocenters. The molecule has 5 heteroatoms. The second kappa shape index (κ2) is 5.92. The van der Waals surface area contributed by atoms with Gasteiger partial charge >= 0.3 is 0 Å². The van der Waals surface area contributed by atoms with E-state index in [1.807, 2.05) is 12.2 Å². The molecule has 0 spiro atoms. The lowest BCUT2D eigenvalue weighted by atomic mass is 9.87. The van der Waals surface area contributed by atoms with E-state index in [4.69, 9.17) is 9.97 Å². The van der Waals surface area contributed by atoms with Crippen molar-refractivity contribution < 1.29 is 0 Å². The Labute approximate surface area is 165 Å². The maximum atomic E-state index is 4.94. The summed E-state index contributed by atoms with van der Waals surface area (Å²) in [7, 11) is 0. The number of hydrogen-bond donors (Lipinski definition) is 2. The van der Waals surface area contributed by atoms with Crippen LogP contribution in [0.5, 0.6) is 0 Å². The number of nitrogens with one attached hydrogen (secondary N) is 2. The van der Waals surface area contributed by atoms with Gasteiger partial charge in [0.25, 0.3) is 0 Å². The minimum absolute atomic E-state index is 0.0210. The Hall–Kier alpha value is -2.66. The van der Waals surface area contributed by atoms with Crippen LogP contribution in [-0.2, 0) is 11.8 Å². The molecule has 2 aliphatic heterocycles. The Morgan fingerprint density at radius 1 is 0.852 bits per heavy atom. The summed E-state index contributed by atoms with van der Waals surface area (Å²) < 4.78 is 0.971. The summed E-state index contributed by atoms with van der Waals surface area (Å²) in [6.07, 6.45) is 4.95. The van der Waals surface area contributed by atoms with Gasteiger partial charge in [0.2, 0.25) is 0 Å². The fraction of sp³-hybridized carbons (Fsp3) is 0.182. The van der Waals surface area contributed by atoms with Crippen LogP contribution in [-0.4, -0.2) is 19.9 Å². The van der Waals surface area contributed by atoms with Gasteiger partial charge in [0.1, 0.15) is 0 Å². The molecule has 2 N–H and O–H groups in total. The molecule has 8 bridgehead atoms. The molecule has 5 heterocycles.